The highest BCUT2D eigenvalue weighted by Gasteiger charge is 2.27. The van der Waals surface area contributed by atoms with Gasteiger partial charge in [0.2, 0.25) is 0 Å². The van der Waals surface area contributed by atoms with Gasteiger partial charge in [0, 0.05) is 0 Å². The molecule has 6 heteroatoms. The largest absolute Gasteiger partial charge is 0.382 e. The second kappa shape index (κ2) is 3.34. The van der Waals surface area contributed by atoms with Crippen LogP contribution >= 0.6 is 32.9 Å². The molecule has 0 spiro atoms. The Bertz CT molecular complexity index is 88.5. The zero-order valence-corrected chi connectivity index (χ0v) is 6.92. The fraction of sp³-hybridized carbons (Fsp3) is 0.500. The van der Waals surface area contributed by atoms with Crippen LogP contribution in [0.5, 0.6) is 0 Å². The first-order valence-electron chi connectivity index (χ1n) is 1.36. The van der Waals surface area contributed by atoms with Crippen molar-refractivity contribution in [2.45, 2.75) is 4.83 Å². The Morgan fingerprint density at radius 3 is 1.75 bits per heavy atom. The van der Waals surface area contributed by atoms with Crippen LogP contribution in [0.2, 0.25) is 0 Å². The molecule has 0 aromatic carbocycles. The molecule has 3 N–H and O–H groups in total. The van der Waals surface area contributed by atoms with E-state index in [1.54, 1.807) is 0 Å². The quantitative estimate of drug-likeness (QED) is 0.415. The topological polar surface area (TPSA) is 49.9 Å². The molecular weight excluding hydrogens is 250 g/mol. The highest BCUT2D eigenvalue weighted by atomic mass is 79.9. The molecule has 0 unspecified atom stereocenters. The maximum absolute atomic E-state index is 11.4. The number of amidine groups is 1. The third-order valence-corrected chi connectivity index (χ3v) is 0.733. The molecule has 0 aliphatic heterocycles. The van der Waals surface area contributed by atoms with Crippen LogP contribution in [0.15, 0.2) is 0 Å². The van der Waals surface area contributed by atoms with E-state index in [-0.39, 0.29) is 17.0 Å². The number of alkyl halides is 3. The Labute approximate surface area is 63.8 Å². The zero-order valence-electron chi connectivity index (χ0n) is 3.62. The van der Waals surface area contributed by atoms with Gasteiger partial charge in [0.05, 0.1) is 0 Å². The summed E-state index contributed by atoms with van der Waals surface area (Å²) >= 11 is 1.86. The van der Waals surface area contributed by atoms with Crippen LogP contribution in [0.4, 0.5) is 8.78 Å². The first kappa shape index (κ1) is 11.1. The molecule has 8 heavy (non-hydrogen) atoms. The highest BCUT2D eigenvalue weighted by molar-refractivity contribution is 9.10. The van der Waals surface area contributed by atoms with Gasteiger partial charge in [0.25, 0.3) is 0 Å². The standard InChI is InChI=1S/C2H3BrF2N2.BrH/c3-2(4,5)1(6)7;/h(H3,6,7);1H. The van der Waals surface area contributed by atoms with Crippen LogP contribution < -0.4 is 5.73 Å². The van der Waals surface area contributed by atoms with Crippen LogP contribution in [0.1, 0.15) is 0 Å². The molecule has 0 rings (SSSR count). The second-order valence-electron chi connectivity index (χ2n) is 0.911. The van der Waals surface area contributed by atoms with Gasteiger partial charge in [-0.25, -0.2) is 0 Å². The van der Waals surface area contributed by atoms with E-state index in [9.17, 15) is 8.78 Å². The fourth-order valence-corrected chi connectivity index (χ4v) is 0. The third kappa shape index (κ3) is 4.45. The van der Waals surface area contributed by atoms with E-state index in [4.69, 9.17) is 5.41 Å². The molecule has 0 bridgehead atoms. The number of hydrogen-bond acceptors (Lipinski definition) is 1. The zero-order chi connectivity index (χ0) is 6.08. The number of rotatable bonds is 1. The van der Waals surface area contributed by atoms with E-state index in [0.717, 1.165) is 0 Å². The lowest BCUT2D eigenvalue weighted by Gasteiger charge is -2.01. The Morgan fingerprint density at radius 1 is 1.62 bits per heavy atom. The van der Waals surface area contributed by atoms with Crippen LogP contribution in [0, 0.1) is 5.41 Å². The van der Waals surface area contributed by atoms with Crippen molar-refractivity contribution in [2.24, 2.45) is 5.73 Å². The summed E-state index contributed by atoms with van der Waals surface area (Å²) in [7, 11) is 0. The Hall–Kier alpha value is 0.290. The highest BCUT2D eigenvalue weighted by Crippen LogP contribution is 2.19. The fourth-order valence-electron chi connectivity index (χ4n) is 0. The number of nitrogens with one attached hydrogen (secondary N) is 1. The van der Waals surface area contributed by atoms with E-state index < -0.39 is 10.7 Å². The van der Waals surface area contributed by atoms with Crippen molar-refractivity contribution in [1.29, 1.82) is 5.41 Å². The van der Waals surface area contributed by atoms with Crippen LogP contribution in [0.3, 0.4) is 0 Å². The molecule has 0 aromatic rings. The van der Waals surface area contributed by atoms with E-state index in [0.29, 0.717) is 0 Å². The van der Waals surface area contributed by atoms with Gasteiger partial charge in [-0.05, 0) is 15.9 Å². The summed E-state index contributed by atoms with van der Waals surface area (Å²) in [6, 6.07) is 0. The SMILES string of the molecule is Br.N=C(N)C(F)(F)Br. The van der Waals surface area contributed by atoms with E-state index >= 15 is 0 Å². The van der Waals surface area contributed by atoms with Gasteiger partial charge in [-0.3, -0.25) is 5.41 Å². The Balaban J connectivity index is 0. The minimum atomic E-state index is -3.33. The van der Waals surface area contributed by atoms with Gasteiger partial charge in [-0.15, -0.1) is 17.0 Å². The summed E-state index contributed by atoms with van der Waals surface area (Å²) in [5, 5.41) is 6.13. The predicted octanol–water partition coefficient (Wildman–Crippen LogP) is 1.49. The molecule has 0 aromatic heterocycles. The second-order valence-corrected chi connectivity index (χ2v) is 1.91. The average Bonchev–Trinajstić information content (AvgIpc) is 1.31. The molecular formula is C2H4Br2F2N2. The maximum atomic E-state index is 11.4. The summed E-state index contributed by atoms with van der Waals surface area (Å²) in [6.07, 6.45) is 0. The molecule has 0 atom stereocenters. The minimum Gasteiger partial charge on any atom is -0.382 e. The smallest absolute Gasteiger partial charge is 0.356 e. The van der Waals surface area contributed by atoms with Crippen molar-refractivity contribution in [3.63, 3.8) is 0 Å². The monoisotopic (exact) mass is 252 g/mol. The van der Waals surface area contributed by atoms with Crippen molar-refractivity contribution < 1.29 is 8.78 Å². The van der Waals surface area contributed by atoms with Gasteiger partial charge in [0.15, 0.2) is 5.84 Å². The number of hydrogen-bond donors (Lipinski definition) is 2. The van der Waals surface area contributed by atoms with Gasteiger partial charge >= 0.3 is 4.83 Å². The maximum Gasteiger partial charge on any atom is 0.356 e. The van der Waals surface area contributed by atoms with Gasteiger partial charge in [0.1, 0.15) is 0 Å². The van der Waals surface area contributed by atoms with Crippen molar-refractivity contribution >= 4 is 38.7 Å². The Morgan fingerprint density at radius 2 is 1.75 bits per heavy atom. The normalized spacial score (nSPS) is 9.88. The van der Waals surface area contributed by atoms with E-state index in [1.165, 1.54) is 0 Å². The molecule has 0 aliphatic rings. The Kier molecular flexibility index (Phi) is 4.65. The molecule has 0 fully saturated rings. The average molecular weight is 254 g/mol. The molecule has 0 saturated carbocycles. The number of nitrogens with two attached hydrogens (primary N) is 1. The van der Waals surface area contributed by atoms with Crippen molar-refractivity contribution in [2.75, 3.05) is 0 Å². The number of halogens is 4. The van der Waals surface area contributed by atoms with Crippen LogP contribution in [0.25, 0.3) is 0 Å². The predicted molar refractivity (Wildman–Crippen MR) is 36.1 cm³/mol. The molecule has 0 aliphatic carbocycles. The summed E-state index contributed by atoms with van der Waals surface area (Å²) in [5.74, 6) is -1.17. The van der Waals surface area contributed by atoms with Gasteiger partial charge < -0.3 is 5.73 Å². The van der Waals surface area contributed by atoms with E-state index in [1.807, 2.05) is 15.9 Å². The van der Waals surface area contributed by atoms with Gasteiger partial charge in [-0.2, -0.15) is 8.78 Å². The minimum absolute atomic E-state index is 0. The summed E-state index contributed by atoms with van der Waals surface area (Å²) in [5.41, 5.74) is 4.36. The van der Waals surface area contributed by atoms with Gasteiger partial charge in [-0.1, -0.05) is 0 Å². The first-order chi connectivity index (χ1) is 2.94. The molecule has 0 heterocycles. The van der Waals surface area contributed by atoms with Crippen molar-refractivity contribution in [3.8, 4) is 0 Å². The molecule has 2 nitrogen and oxygen atoms in total. The lowest BCUT2D eigenvalue weighted by molar-refractivity contribution is 0.191. The molecule has 0 radical (unpaired) electrons. The molecule has 50 valence electrons. The lowest BCUT2D eigenvalue weighted by atomic mass is 10.7. The first-order valence-corrected chi connectivity index (χ1v) is 2.15. The lowest BCUT2D eigenvalue weighted by Crippen LogP contribution is -2.28. The third-order valence-electron chi connectivity index (χ3n) is 0.305. The molecule has 0 amide bonds. The van der Waals surface area contributed by atoms with Crippen molar-refractivity contribution in [3.05, 3.63) is 0 Å². The van der Waals surface area contributed by atoms with Crippen molar-refractivity contribution in [1.82, 2.24) is 0 Å². The van der Waals surface area contributed by atoms with E-state index in [2.05, 4.69) is 5.73 Å². The summed E-state index contributed by atoms with van der Waals surface area (Å²) in [4.78, 5) is -3.33. The van der Waals surface area contributed by atoms with Crippen LogP contribution in [-0.2, 0) is 0 Å². The molecule has 0 saturated heterocycles. The van der Waals surface area contributed by atoms with Crippen LogP contribution in [-0.4, -0.2) is 10.7 Å². The summed E-state index contributed by atoms with van der Waals surface area (Å²) in [6.45, 7) is 0. The summed E-state index contributed by atoms with van der Waals surface area (Å²) < 4.78 is 22.8.